The van der Waals surface area contributed by atoms with Crippen molar-refractivity contribution in [1.82, 2.24) is 0 Å². The molecule has 0 heterocycles. The van der Waals surface area contributed by atoms with E-state index in [-0.39, 0.29) is 0 Å². The van der Waals surface area contributed by atoms with E-state index in [4.69, 9.17) is 0 Å². The summed E-state index contributed by atoms with van der Waals surface area (Å²) < 4.78 is 0. The third kappa shape index (κ3) is 2.08. The zero-order chi connectivity index (χ0) is 13.8. The van der Waals surface area contributed by atoms with Gasteiger partial charge in [0, 0.05) is 0 Å². The van der Waals surface area contributed by atoms with Crippen LogP contribution >= 0.6 is 0 Å². The molecular formula is C20H34. The molecule has 0 radical (unpaired) electrons. The van der Waals surface area contributed by atoms with Crippen LogP contribution in [-0.2, 0) is 0 Å². The van der Waals surface area contributed by atoms with Crippen LogP contribution in [0.1, 0.15) is 90.9 Å². The minimum atomic E-state index is 0.831. The second-order valence-electron chi connectivity index (χ2n) is 9.51. The van der Waals surface area contributed by atoms with Crippen molar-refractivity contribution >= 4 is 0 Å². The lowest BCUT2D eigenvalue weighted by Gasteiger charge is -2.58. The predicted octanol–water partition coefficient (Wildman–Crippen LogP) is 6.20. The highest BCUT2D eigenvalue weighted by molar-refractivity contribution is 5.02. The van der Waals surface area contributed by atoms with Crippen LogP contribution in [0.2, 0.25) is 0 Å². The smallest absolute Gasteiger partial charge is 0.0271 e. The molecule has 0 amide bonds. The zero-order valence-corrected chi connectivity index (χ0v) is 13.8. The van der Waals surface area contributed by atoms with E-state index in [1.165, 1.54) is 19.3 Å². The lowest BCUT2D eigenvalue weighted by Crippen LogP contribution is -2.47. The molecule has 2 atom stereocenters. The molecule has 4 rings (SSSR count). The zero-order valence-electron chi connectivity index (χ0n) is 13.8. The van der Waals surface area contributed by atoms with E-state index < -0.39 is 0 Å². The Morgan fingerprint density at radius 3 is 1.95 bits per heavy atom. The van der Waals surface area contributed by atoms with Crippen LogP contribution in [-0.4, -0.2) is 0 Å². The average Bonchev–Trinajstić information content (AvgIpc) is 2.43. The van der Waals surface area contributed by atoms with E-state index in [0.717, 1.165) is 34.5 Å². The molecule has 4 fully saturated rings. The normalized spacial score (nSPS) is 55.5. The third-order valence-electron chi connectivity index (χ3n) is 8.39. The summed E-state index contributed by atoms with van der Waals surface area (Å²) in [7, 11) is 0. The maximum absolute atomic E-state index is 2.52. The third-order valence-corrected chi connectivity index (χ3v) is 8.39. The molecule has 4 saturated carbocycles. The molecule has 4 aliphatic rings. The number of rotatable bonds is 1. The fourth-order valence-corrected chi connectivity index (χ4v) is 6.80. The first-order chi connectivity index (χ1) is 9.61. The first-order valence-electron chi connectivity index (χ1n) is 9.61. The molecule has 4 aliphatic carbocycles. The molecule has 0 bridgehead atoms. The molecule has 0 N–H and O–H groups in total. The molecule has 0 aromatic rings. The Bertz CT molecular complexity index is 354. The fourth-order valence-electron chi connectivity index (χ4n) is 6.80. The van der Waals surface area contributed by atoms with Gasteiger partial charge in [0.1, 0.15) is 0 Å². The van der Waals surface area contributed by atoms with Gasteiger partial charge in [0.2, 0.25) is 0 Å². The van der Waals surface area contributed by atoms with Crippen LogP contribution in [0.25, 0.3) is 0 Å². The summed E-state index contributed by atoms with van der Waals surface area (Å²) in [6.07, 6.45) is 18.8. The number of hydrogen-bond donors (Lipinski definition) is 0. The predicted molar refractivity (Wildman–Crippen MR) is 85.6 cm³/mol. The van der Waals surface area contributed by atoms with Crippen molar-refractivity contribution in [3.8, 4) is 0 Å². The Balaban J connectivity index is 1.29. The lowest BCUT2D eigenvalue weighted by atomic mass is 9.47. The number of hydrogen-bond acceptors (Lipinski definition) is 0. The molecular weight excluding hydrogens is 240 g/mol. The monoisotopic (exact) mass is 274 g/mol. The highest BCUT2D eigenvalue weighted by Gasteiger charge is 2.51. The summed E-state index contributed by atoms with van der Waals surface area (Å²) in [5.74, 6) is 4.33. The maximum Gasteiger partial charge on any atom is -0.0271 e. The molecule has 0 saturated heterocycles. The Hall–Kier alpha value is 0. The SMILES string of the molecule is CC1CCCC2(C1)CC(C1CCC3(CC1)CCC3C)C2. The van der Waals surface area contributed by atoms with Gasteiger partial charge in [-0.15, -0.1) is 0 Å². The quantitative estimate of drug-likeness (QED) is 0.534. The van der Waals surface area contributed by atoms with Gasteiger partial charge in [0.05, 0.1) is 0 Å². The van der Waals surface area contributed by atoms with E-state index in [1.54, 1.807) is 57.8 Å². The van der Waals surface area contributed by atoms with Gasteiger partial charge in [-0.1, -0.05) is 26.7 Å². The van der Waals surface area contributed by atoms with Crippen LogP contribution in [0.5, 0.6) is 0 Å². The van der Waals surface area contributed by atoms with Crippen LogP contribution < -0.4 is 0 Å². The summed E-state index contributed by atoms with van der Waals surface area (Å²) in [6, 6.07) is 0. The summed E-state index contributed by atoms with van der Waals surface area (Å²) >= 11 is 0. The Kier molecular flexibility index (Phi) is 3.24. The van der Waals surface area contributed by atoms with Gasteiger partial charge < -0.3 is 0 Å². The first-order valence-corrected chi connectivity index (χ1v) is 9.61. The van der Waals surface area contributed by atoms with Crippen LogP contribution in [0, 0.1) is 34.5 Å². The van der Waals surface area contributed by atoms with Gasteiger partial charge in [-0.25, -0.2) is 0 Å². The minimum absolute atomic E-state index is 0.831. The van der Waals surface area contributed by atoms with Crippen LogP contribution in [0.15, 0.2) is 0 Å². The van der Waals surface area contributed by atoms with E-state index >= 15 is 0 Å². The Morgan fingerprint density at radius 2 is 1.40 bits per heavy atom. The Labute approximate surface area is 126 Å². The fraction of sp³-hybridized carbons (Fsp3) is 1.00. The van der Waals surface area contributed by atoms with E-state index in [1.807, 2.05) is 0 Å². The standard InChI is InChI=1S/C20H34/c1-15-4-3-8-19(12-15)13-18(14-19)17-6-10-20(11-7-17)9-5-16(20)2/h15-18H,3-14H2,1-2H3. The molecule has 2 spiro atoms. The van der Waals surface area contributed by atoms with Gasteiger partial charge in [0.25, 0.3) is 0 Å². The van der Waals surface area contributed by atoms with Crippen molar-refractivity contribution in [3.63, 3.8) is 0 Å². The molecule has 0 aromatic heterocycles. The van der Waals surface area contributed by atoms with Crippen LogP contribution in [0.4, 0.5) is 0 Å². The van der Waals surface area contributed by atoms with Crippen molar-refractivity contribution in [3.05, 3.63) is 0 Å². The first kappa shape index (κ1) is 13.6. The maximum atomic E-state index is 2.52. The van der Waals surface area contributed by atoms with Crippen LogP contribution in [0.3, 0.4) is 0 Å². The van der Waals surface area contributed by atoms with Crippen molar-refractivity contribution in [2.75, 3.05) is 0 Å². The Morgan fingerprint density at radius 1 is 0.700 bits per heavy atom. The van der Waals surface area contributed by atoms with Gasteiger partial charge >= 0.3 is 0 Å². The molecule has 0 nitrogen and oxygen atoms in total. The summed E-state index contributed by atoms with van der Waals surface area (Å²) in [5, 5.41) is 0. The summed E-state index contributed by atoms with van der Waals surface area (Å²) in [4.78, 5) is 0. The summed E-state index contributed by atoms with van der Waals surface area (Å²) in [5.41, 5.74) is 1.67. The van der Waals surface area contributed by atoms with Crippen molar-refractivity contribution in [1.29, 1.82) is 0 Å². The largest absolute Gasteiger partial charge is 0.0625 e. The highest BCUT2D eigenvalue weighted by Crippen LogP contribution is 2.63. The van der Waals surface area contributed by atoms with Gasteiger partial charge in [-0.3, -0.25) is 0 Å². The van der Waals surface area contributed by atoms with Crippen molar-refractivity contribution < 1.29 is 0 Å². The molecule has 0 heteroatoms. The van der Waals surface area contributed by atoms with E-state index in [0.29, 0.717) is 0 Å². The van der Waals surface area contributed by atoms with E-state index in [9.17, 15) is 0 Å². The molecule has 20 heavy (non-hydrogen) atoms. The van der Waals surface area contributed by atoms with Gasteiger partial charge in [-0.2, -0.15) is 0 Å². The second-order valence-corrected chi connectivity index (χ2v) is 9.51. The van der Waals surface area contributed by atoms with Gasteiger partial charge in [-0.05, 0) is 98.7 Å². The molecule has 0 aliphatic heterocycles. The summed E-state index contributed by atoms with van der Waals surface area (Å²) in [6.45, 7) is 5.02. The topological polar surface area (TPSA) is 0 Å². The minimum Gasteiger partial charge on any atom is -0.0625 e. The highest BCUT2D eigenvalue weighted by atomic mass is 14.6. The van der Waals surface area contributed by atoms with Gasteiger partial charge in [0.15, 0.2) is 0 Å². The van der Waals surface area contributed by atoms with Crippen molar-refractivity contribution in [2.24, 2.45) is 34.5 Å². The average molecular weight is 274 g/mol. The molecule has 114 valence electrons. The second kappa shape index (κ2) is 4.75. The molecule has 2 unspecified atom stereocenters. The van der Waals surface area contributed by atoms with E-state index in [2.05, 4.69) is 13.8 Å². The molecule has 0 aromatic carbocycles. The van der Waals surface area contributed by atoms with Crippen molar-refractivity contribution in [2.45, 2.75) is 90.9 Å². The lowest BCUT2D eigenvalue weighted by molar-refractivity contribution is -0.0707.